The van der Waals surface area contributed by atoms with Gasteiger partial charge in [-0.3, -0.25) is 0 Å². The first kappa shape index (κ1) is 12.5. The highest BCUT2D eigenvalue weighted by Gasteiger charge is 2.18. The number of aryl methyl sites for hydroxylation is 2. The van der Waals surface area contributed by atoms with Crippen molar-refractivity contribution in [2.45, 2.75) is 26.8 Å². The molecular weight excluding hydrogens is 256 g/mol. The fourth-order valence-corrected chi connectivity index (χ4v) is 2.40. The van der Waals surface area contributed by atoms with E-state index in [4.69, 9.17) is 14.7 Å². The van der Waals surface area contributed by atoms with Gasteiger partial charge in [-0.25, -0.2) is 0 Å². The Morgan fingerprint density at radius 3 is 2.75 bits per heavy atom. The summed E-state index contributed by atoms with van der Waals surface area (Å²) in [6.45, 7) is 5.80. The monoisotopic (exact) mass is 272 g/mol. The molecule has 6 nitrogen and oxygen atoms in total. The highest BCUT2D eigenvalue weighted by molar-refractivity contribution is 5.86. The Balaban J connectivity index is 1.91. The summed E-state index contributed by atoms with van der Waals surface area (Å²) < 4.78 is 10.8. The van der Waals surface area contributed by atoms with Crippen molar-refractivity contribution in [2.24, 2.45) is 0 Å². The summed E-state index contributed by atoms with van der Waals surface area (Å²) in [6.07, 6.45) is 0. The van der Waals surface area contributed by atoms with Gasteiger partial charge in [-0.2, -0.15) is 4.98 Å². The number of hydrogen-bond acceptors (Lipinski definition) is 6. The number of para-hydroxylation sites is 1. The minimum Gasteiger partial charge on any atom is -0.423 e. The lowest BCUT2D eigenvalue weighted by atomic mass is 10.1. The van der Waals surface area contributed by atoms with Crippen LogP contribution in [-0.4, -0.2) is 10.1 Å². The number of nitrogen functional groups attached to an aromatic ring is 1. The van der Waals surface area contributed by atoms with Crippen molar-refractivity contribution >= 4 is 22.8 Å². The van der Waals surface area contributed by atoms with E-state index in [0.717, 1.165) is 17.0 Å². The quantitative estimate of drug-likeness (QED) is 0.712. The van der Waals surface area contributed by atoms with Crippen LogP contribution in [0.3, 0.4) is 0 Å². The lowest BCUT2D eigenvalue weighted by Crippen LogP contribution is -2.08. The van der Waals surface area contributed by atoms with Crippen LogP contribution in [0.1, 0.15) is 30.0 Å². The molecule has 0 aliphatic rings. The van der Waals surface area contributed by atoms with Gasteiger partial charge in [-0.1, -0.05) is 11.2 Å². The maximum absolute atomic E-state index is 5.87. The number of nitrogens with one attached hydrogen (secondary N) is 1. The van der Waals surface area contributed by atoms with Gasteiger partial charge in [0, 0.05) is 5.56 Å². The van der Waals surface area contributed by atoms with E-state index in [1.54, 1.807) is 6.07 Å². The number of hydrogen-bond donors (Lipinski definition) is 2. The summed E-state index contributed by atoms with van der Waals surface area (Å²) in [4.78, 5) is 4.37. The predicted molar refractivity (Wildman–Crippen MR) is 76.4 cm³/mol. The Bertz CT molecular complexity index is 740. The lowest BCUT2D eigenvalue weighted by Gasteiger charge is -2.11. The van der Waals surface area contributed by atoms with Crippen molar-refractivity contribution in [2.75, 3.05) is 11.1 Å². The van der Waals surface area contributed by atoms with Crippen molar-refractivity contribution in [1.29, 1.82) is 0 Å². The lowest BCUT2D eigenvalue weighted by molar-refractivity contribution is 0.392. The van der Waals surface area contributed by atoms with E-state index in [9.17, 15) is 0 Å². The molecule has 0 saturated carbocycles. The van der Waals surface area contributed by atoms with Crippen LogP contribution in [0, 0.1) is 13.8 Å². The molecule has 0 bridgehead atoms. The van der Waals surface area contributed by atoms with Crippen molar-refractivity contribution in [3.05, 3.63) is 35.2 Å². The molecular formula is C14H16N4O2. The van der Waals surface area contributed by atoms with Crippen LogP contribution in [0.2, 0.25) is 0 Å². The fourth-order valence-electron chi connectivity index (χ4n) is 2.40. The molecule has 1 unspecified atom stereocenters. The van der Waals surface area contributed by atoms with Crippen molar-refractivity contribution in [3.8, 4) is 0 Å². The van der Waals surface area contributed by atoms with Gasteiger partial charge in [0.05, 0.1) is 17.4 Å². The molecule has 1 atom stereocenters. The van der Waals surface area contributed by atoms with Crippen LogP contribution < -0.4 is 11.1 Å². The van der Waals surface area contributed by atoms with Crippen LogP contribution in [0.4, 0.5) is 11.7 Å². The van der Waals surface area contributed by atoms with E-state index < -0.39 is 0 Å². The summed E-state index contributed by atoms with van der Waals surface area (Å²) in [5, 5.41) is 7.16. The zero-order valence-electron chi connectivity index (χ0n) is 11.6. The maximum atomic E-state index is 5.87. The highest BCUT2D eigenvalue weighted by Crippen LogP contribution is 2.28. The first-order chi connectivity index (χ1) is 9.56. The van der Waals surface area contributed by atoms with E-state index >= 15 is 0 Å². The van der Waals surface area contributed by atoms with Gasteiger partial charge in [0.1, 0.15) is 11.3 Å². The molecule has 0 fully saturated rings. The summed E-state index contributed by atoms with van der Waals surface area (Å²) >= 11 is 0. The number of oxazole rings is 1. The number of nitrogens with zero attached hydrogens (tertiary/aromatic N) is 2. The number of anilines is 2. The normalized spacial score (nSPS) is 12.8. The molecule has 1 aromatic carbocycles. The molecule has 3 N–H and O–H groups in total. The SMILES string of the molecule is Cc1noc(C)c1C(C)Nc1nc2c(N)cccc2o1. The van der Waals surface area contributed by atoms with Gasteiger partial charge in [0.15, 0.2) is 5.58 Å². The number of aromatic nitrogens is 2. The molecule has 3 rings (SSSR count). The molecule has 3 aromatic rings. The Hall–Kier alpha value is -2.50. The molecule has 0 aliphatic heterocycles. The highest BCUT2D eigenvalue weighted by atomic mass is 16.5. The summed E-state index contributed by atoms with van der Waals surface area (Å²) in [5.41, 5.74) is 9.68. The van der Waals surface area contributed by atoms with E-state index in [-0.39, 0.29) is 6.04 Å². The van der Waals surface area contributed by atoms with Crippen LogP contribution in [-0.2, 0) is 0 Å². The Morgan fingerprint density at radius 1 is 1.30 bits per heavy atom. The maximum Gasteiger partial charge on any atom is 0.296 e. The minimum atomic E-state index is -0.0180. The smallest absolute Gasteiger partial charge is 0.296 e. The van der Waals surface area contributed by atoms with Crippen molar-refractivity contribution < 1.29 is 8.94 Å². The average Bonchev–Trinajstić information content (AvgIpc) is 2.94. The average molecular weight is 272 g/mol. The molecule has 0 radical (unpaired) electrons. The standard InChI is InChI=1S/C14H16N4O2/c1-7(12-8(2)18-20-9(12)3)16-14-17-13-10(15)5-4-6-11(13)19-14/h4-7H,15H2,1-3H3,(H,16,17). The van der Waals surface area contributed by atoms with Crippen molar-refractivity contribution in [3.63, 3.8) is 0 Å². The van der Waals surface area contributed by atoms with Gasteiger partial charge >= 0.3 is 0 Å². The molecule has 0 spiro atoms. The number of fused-ring (bicyclic) bond motifs is 1. The van der Waals surface area contributed by atoms with Gasteiger partial charge < -0.3 is 20.0 Å². The van der Waals surface area contributed by atoms with Crippen molar-refractivity contribution in [1.82, 2.24) is 10.1 Å². The van der Waals surface area contributed by atoms with Gasteiger partial charge in [0.25, 0.3) is 6.01 Å². The first-order valence-electron chi connectivity index (χ1n) is 6.40. The molecule has 2 heterocycles. The molecule has 6 heteroatoms. The third-order valence-corrected chi connectivity index (χ3v) is 3.31. The van der Waals surface area contributed by atoms with Gasteiger partial charge in [0.2, 0.25) is 0 Å². The Labute approximate surface area is 115 Å². The summed E-state index contributed by atoms with van der Waals surface area (Å²) in [7, 11) is 0. The van der Waals surface area contributed by atoms with E-state index in [2.05, 4.69) is 15.5 Å². The van der Waals surface area contributed by atoms with Gasteiger partial charge in [-0.05, 0) is 32.9 Å². The largest absolute Gasteiger partial charge is 0.423 e. The molecule has 20 heavy (non-hydrogen) atoms. The third kappa shape index (κ3) is 1.99. The first-order valence-corrected chi connectivity index (χ1v) is 6.40. The number of benzene rings is 1. The third-order valence-electron chi connectivity index (χ3n) is 3.31. The fraction of sp³-hybridized carbons (Fsp3) is 0.286. The number of nitrogens with two attached hydrogens (primary N) is 1. The van der Waals surface area contributed by atoms with Crippen LogP contribution in [0.25, 0.3) is 11.1 Å². The van der Waals surface area contributed by atoms with Crippen LogP contribution in [0.15, 0.2) is 27.1 Å². The summed E-state index contributed by atoms with van der Waals surface area (Å²) in [6, 6.07) is 5.89. The van der Waals surface area contributed by atoms with E-state index in [1.165, 1.54) is 0 Å². The Morgan fingerprint density at radius 2 is 2.10 bits per heavy atom. The van der Waals surface area contributed by atoms with E-state index in [0.29, 0.717) is 22.8 Å². The minimum absolute atomic E-state index is 0.0180. The van der Waals surface area contributed by atoms with Crippen LogP contribution >= 0.6 is 0 Å². The molecule has 0 saturated heterocycles. The predicted octanol–water partition coefficient (Wildman–Crippen LogP) is 3.19. The number of rotatable bonds is 3. The molecule has 0 aliphatic carbocycles. The molecule has 104 valence electrons. The second-order valence-corrected chi connectivity index (χ2v) is 4.82. The topological polar surface area (TPSA) is 90.1 Å². The molecule has 2 aromatic heterocycles. The van der Waals surface area contributed by atoms with E-state index in [1.807, 2.05) is 32.9 Å². The molecule has 0 amide bonds. The summed E-state index contributed by atoms with van der Waals surface area (Å²) in [5.74, 6) is 0.790. The Kier molecular flexibility index (Phi) is 2.85. The zero-order valence-corrected chi connectivity index (χ0v) is 11.6. The zero-order chi connectivity index (χ0) is 14.3. The van der Waals surface area contributed by atoms with Gasteiger partial charge in [-0.15, -0.1) is 0 Å². The second kappa shape index (κ2) is 4.56. The van der Waals surface area contributed by atoms with Crippen LogP contribution in [0.5, 0.6) is 0 Å². The second-order valence-electron chi connectivity index (χ2n) is 4.82.